The van der Waals surface area contributed by atoms with Gasteiger partial charge < -0.3 is 43.5 Å². The summed E-state index contributed by atoms with van der Waals surface area (Å²) in [5, 5.41) is 3.25. The SMILES string of the molecule is CC1=C(C)NCC1.CC1=C(C)OC(F)(F)O1.CC1=C(C)OCC1.CC1=C(C)OCCO1.CC1=C(C)OCO1.Cc1cc[nH]c1C. The number of ether oxygens (including phenoxy) is 7. The van der Waals surface area contributed by atoms with Crippen molar-refractivity contribution < 1.29 is 41.9 Å². The van der Waals surface area contributed by atoms with Crippen molar-refractivity contribution in [1.82, 2.24) is 10.3 Å². The second-order valence-corrected chi connectivity index (χ2v) is 10.9. The minimum absolute atomic E-state index is 0.139. The van der Waals surface area contributed by atoms with Crippen LogP contribution in [0.3, 0.4) is 0 Å². The van der Waals surface area contributed by atoms with E-state index in [2.05, 4.69) is 60.5 Å². The second kappa shape index (κ2) is 19.6. The van der Waals surface area contributed by atoms with E-state index in [-0.39, 0.29) is 11.5 Å². The Labute approximate surface area is 268 Å². The molecule has 0 saturated carbocycles. The quantitative estimate of drug-likeness (QED) is 0.290. The normalized spacial score (nSPS) is 19.0. The fourth-order valence-electron chi connectivity index (χ4n) is 3.49. The lowest BCUT2D eigenvalue weighted by Gasteiger charge is -2.16. The summed E-state index contributed by atoms with van der Waals surface area (Å²) in [5.41, 5.74) is 6.89. The van der Waals surface area contributed by atoms with E-state index in [1.165, 1.54) is 48.4 Å². The average Bonchev–Trinajstić information content (AvgIpc) is 3.79. The van der Waals surface area contributed by atoms with Gasteiger partial charge in [-0.15, -0.1) is 8.78 Å². The number of alkyl halides is 2. The molecular weight excluding hydrogens is 586 g/mol. The fraction of sp³-hybridized carbons (Fsp3) is 0.588. The zero-order valence-corrected chi connectivity index (χ0v) is 29.2. The second-order valence-electron chi connectivity index (χ2n) is 10.9. The van der Waals surface area contributed by atoms with Crippen LogP contribution >= 0.6 is 0 Å². The molecule has 0 aromatic carbocycles. The third kappa shape index (κ3) is 15.7. The van der Waals surface area contributed by atoms with Crippen molar-refractivity contribution in [3.8, 4) is 0 Å². The number of H-pyrrole nitrogens is 1. The highest BCUT2D eigenvalue weighted by Crippen LogP contribution is 2.32. The van der Waals surface area contributed by atoms with Crippen LogP contribution in [0.4, 0.5) is 8.78 Å². The number of hydrogen-bond acceptors (Lipinski definition) is 8. The minimum Gasteiger partial charge on any atom is -0.498 e. The first-order chi connectivity index (χ1) is 21.0. The molecule has 0 saturated heterocycles. The number of allylic oxidation sites excluding steroid dienone is 8. The van der Waals surface area contributed by atoms with Gasteiger partial charge in [0.15, 0.2) is 0 Å². The van der Waals surface area contributed by atoms with E-state index in [4.69, 9.17) is 23.7 Å². The predicted octanol–water partition coefficient (Wildman–Crippen LogP) is 8.97. The molecule has 6 rings (SSSR count). The number of nitrogens with one attached hydrogen (secondary N) is 2. The van der Waals surface area contributed by atoms with Crippen LogP contribution in [-0.4, -0.2) is 44.4 Å². The van der Waals surface area contributed by atoms with E-state index in [0.717, 1.165) is 48.4 Å². The van der Waals surface area contributed by atoms with Crippen LogP contribution in [0.25, 0.3) is 0 Å². The molecule has 11 heteroatoms. The maximum atomic E-state index is 12.0. The smallest absolute Gasteiger partial charge is 0.498 e. The summed E-state index contributed by atoms with van der Waals surface area (Å²) in [6.07, 6.45) is 0.885. The third-order valence-electron chi connectivity index (χ3n) is 7.45. The van der Waals surface area contributed by atoms with Gasteiger partial charge in [-0.25, -0.2) is 0 Å². The molecule has 256 valence electrons. The Bertz CT molecular complexity index is 1090. The molecule has 5 aliphatic heterocycles. The van der Waals surface area contributed by atoms with Gasteiger partial charge in [-0.3, -0.25) is 0 Å². The van der Waals surface area contributed by atoms with Crippen LogP contribution in [0.5, 0.6) is 0 Å². The Morgan fingerprint density at radius 2 is 1.07 bits per heavy atom. The van der Waals surface area contributed by atoms with Crippen LogP contribution in [0.1, 0.15) is 93.3 Å². The van der Waals surface area contributed by atoms with E-state index in [1.54, 1.807) is 0 Å². The standard InChI is InChI=1S/C6H11N.C6H9N.C6H10O2.C6H10O.C5H6F2O2.C5H8O2/c2*1-5-3-4-7-6(5)2;1-5-6(2)8-4-3-7-5;1-5-3-4-7-6(5)2;1-3-4(2)9-5(6,7)8-3;1-4-5(2)7-3-6-4/h7H,3-4H2,1-2H3;3-4,7H,1-2H3;3-4H2,1-2H3;3-4H2,1-2H3;1-2H3;3H2,1-2H3. The van der Waals surface area contributed by atoms with E-state index >= 15 is 0 Å². The molecule has 5 aliphatic rings. The van der Waals surface area contributed by atoms with Gasteiger partial charge in [0.2, 0.25) is 6.79 Å². The molecule has 2 N–H and O–H groups in total. The molecule has 0 atom stereocenters. The van der Waals surface area contributed by atoms with Crippen molar-refractivity contribution >= 4 is 0 Å². The first kappa shape index (κ1) is 39.3. The minimum atomic E-state index is -3.44. The summed E-state index contributed by atoms with van der Waals surface area (Å²) in [5.74, 6) is 5.03. The molecular formula is C34H54F2N2O7. The summed E-state index contributed by atoms with van der Waals surface area (Å²) >= 11 is 0. The molecule has 1 aromatic heterocycles. The van der Waals surface area contributed by atoms with Crippen LogP contribution in [0.15, 0.2) is 69.4 Å². The highest BCUT2D eigenvalue weighted by atomic mass is 19.3. The summed E-state index contributed by atoms with van der Waals surface area (Å²) in [7, 11) is 0. The van der Waals surface area contributed by atoms with E-state index in [1.807, 2.05) is 40.8 Å². The average molecular weight is 641 g/mol. The molecule has 0 spiro atoms. The van der Waals surface area contributed by atoms with Gasteiger partial charge in [0.25, 0.3) is 0 Å². The predicted molar refractivity (Wildman–Crippen MR) is 171 cm³/mol. The van der Waals surface area contributed by atoms with Gasteiger partial charge in [-0.1, -0.05) is 5.57 Å². The van der Waals surface area contributed by atoms with Crippen LogP contribution in [0.2, 0.25) is 0 Å². The maximum absolute atomic E-state index is 12.0. The monoisotopic (exact) mass is 640 g/mol. The number of rotatable bonds is 0. The van der Waals surface area contributed by atoms with E-state index < -0.39 is 6.29 Å². The molecule has 0 fully saturated rings. The van der Waals surface area contributed by atoms with Crippen LogP contribution in [0, 0.1) is 13.8 Å². The van der Waals surface area contributed by atoms with Crippen LogP contribution in [-0.2, 0) is 33.2 Å². The maximum Gasteiger partial charge on any atom is 0.585 e. The molecule has 0 aliphatic carbocycles. The molecule has 9 nitrogen and oxygen atoms in total. The van der Waals surface area contributed by atoms with Gasteiger partial charge in [0.1, 0.15) is 47.8 Å². The van der Waals surface area contributed by atoms with Crippen molar-refractivity contribution in [2.24, 2.45) is 0 Å². The van der Waals surface area contributed by atoms with Gasteiger partial charge >= 0.3 is 6.29 Å². The number of aromatic amines is 1. The van der Waals surface area contributed by atoms with Crippen molar-refractivity contribution in [3.05, 3.63) is 80.7 Å². The van der Waals surface area contributed by atoms with Gasteiger partial charge in [0, 0.05) is 30.6 Å². The highest BCUT2D eigenvalue weighted by molar-refractivity contribution is 5.16. The van der Waals surface area contributed by atoms with Crippen molar-refractivity contribution in [2.45, 2.75) is 102 Å². The number of aromatic nitrogens is 1. The van der Waals surface area contributed by atoms with E-state index in [9.17, 15) is 8.78 Å². The summed E-state index contributed by atoms with van der Waals surface area (Å²) in [4.78, 5) is 3.07. The number of aryl methyl sites for hydroxylation is 2. The summed E-state index contributed by atoms with van der Waals surface area (Å²) in [6.45, 7) is 26.9. The van der Waals surface area contributed by atoms with Gasteiger partial charge in [-0.2, -0.15) is 0 Å². The molecule has 0 unspecified atom stereocenters. The number of hydrogen-bond donors (Lipinski definition) is 2. The molecule has 6 heterocycles. The van der Waals surface area contributed by atoms with Crippen molar-refractivity contribution in [2.75, 3.05) is 33.2 Å². The molecule has 0 amide bonds. The van der Waals surface area contributed by atoms with Crippen molar-refractivity contribution in [1.29, 1.82) is 0 Å². The third-order valence-corrected chi connectivity index (χ3v) is 7.45. The molecule has 0 radical (unpaired) electrons. The number of halogens is 2. The van der Waals surface area contributed by atoms with Crippen LogP contribution < -0.4 is 5.32 Å². The highest BCUT2D eigenvalue weighted by Gasteiger charge is 2.41. The Morgan fingerprint density at radius 1 is 0.578 bits per heavy atom. The summed E-state index contributed by atoms with van der Waals surface area (Å²) in [6, 6.07) is 2.06. The lowest BCUT2D eigenvalue weighted by molar-refractivity contribution is -0.337. The Balaban J connectivity index is 0.000000271. The Hall–Kier alpha value is -3.76. The van der Waals surface area contributed by atoms with Gasteiger partial charge in [-0.05, 0) is 107 Å². The molecule has 0 bridgehead atoms. The lowest BCUT2D eigenvalue weighted by atomic mass is 10.2. The first-order valence-corrected chi connectivity index (χ1v) is 15.1. The van der Waals surface area contributed by atoms with Crippen molar-refractivity contribution in [3.63, 3.8) is 0 Å². The largest absolute Gasteiger partial charge is 0.585 e. The topological polar surface area (TPSA) is 92.4 Å². The van der Waals surface area contributed by atoms with E-state index in [0.29, 0.717) is 20.0 Å². The van der Waals surface area contributed by atoms with Gasteiger partial charge in [0.05, 0.1) is 12.4 Å². The lowest BCUT2D eigenvalue weighted by Crippen LogP contribution is -2.16. The zero-order valence-electron chi connectivity index (χ0n) is 29.2. The zero-order chi connectivity index (χ0) is 34.2. The molecule has 45 heavy (non-hydrogen) atoms. The fourth-order valence-corrected chi connectivity index (χ4v) is 3.49. The summed E-state index contributed by atoms with van der Waals surface area (Å²) < 4.78 is 57.2. The Kier molecular flexibility index (Phi) is 17.1. The Morgan fingerprint density at radius 3 is 1.22 bits per heavy atom. The first-order valence-electron chi connectivity index (χ1n) is 15.1. The molecule has 1 aromatic rings.